The number of hydrogen-bond donors (Lipinski definition) is 2. The highest BCUT2D eigenvalue weighted by molar-refractivity contribution is 9.10. The summed E-state index contributed by atoms with van der Waals surface area (Å²) >= 11 is 3.40. The van der Waals surface area contributed by atoms with Gasteiger partial charge < -0.3 is 11.1 Å². The normalized spacial score (nSPS) is 22.2. The van der Waals surface area contributed by atoms with E-state index in [0.29, 0.717) is 5.92 Å². The summed E-state index contributed by atoms with van der Waals surface area (Å²) in [7, 11) is 0. The standard InChI is InChI=1S/C19H21BrN2O/c1-19(21,15-7-9-16(20)10-8-15)18(23)22-17-12-14(17)11-13-5-3-2-4-6-13/h2-10,14,17H,11-12,21H2,1H3,(H,22,23). The van der Waals surface area contributed by atoms with E-state index >= 15 is 0 Å². The average Bonchev–Trinajstić information content (AvgIpc) is 3.26. The number of carbonyl (C=O) groups is 1. The molecule has 2 aromatic carbocycles. The minimum atomic E-state index is -1.01. The van der Waals surface area contributed by atoms with Gasteiger partial charge >= 0.3 is 0 Å². The number of amides is 1. The summed E-state index contributed by atoms with van der Waals surface area (Å²) in [5.41, 5.74) is 7.40. The molecule has 3 unspecified atom stereocenters. The van der Waals surface area contributed by atoms with E-state index in [4.69, 9.17) is 5.73 Å². The molecule has 1 amide bonds. The van der Waals surface area contributed by atoms with Crippen LogP contribution in [-0.2, 0) is 16.8 Å². The number of carbonyl (C=O) groups excluding carboxylic acids is 1. The maximum atomic E-state index is 12.6. The first kappa shape index (κ1) is 16.2. The second-order valence-electron chi connectivity index (χ2n) is 6.47. The molecule has 120 valence electrons. The van der Waals surface area contributed by atoms with Crippen molar-refractivity contribution in [3.63, 3.8) is 0 Å². The van der Waals surface area contributed by atoms with Gasteiger partial charge in [0.1, 0.15) is 5.54 Å². The molecule has 3 nitrogen and oxygen atoms in total. The van der Waals surface area contributed by atoms with Gasteiger partial charge in [0.15, 0.2) is 0 Å². The average molecular weight is 373 g/mol. The Bertz CT molecular complexity index is 682. The summed E-state index contributed by atoms with van der Waals surface area (Å²) in [6.45, 7) is 1.76. The van der Waals surface area contributed by atoms with Gasteiger partial charge in [-0.25, -0.2) is 0 Å². The Morgan fingerprint density at radius 2 is 1.87 bits per heavy atom. The Kier molecular flexibility index (Phi) is 4.55. The molecule has 3 rings (SSSR count). The fourth-order valence-corrected chi connectivity index (χ4v) is 3.08. The lowest BCUT2D eigenvalue weighted by Gasteiger charge is -2.24. The van der Waals surface area contributed by atoms with Crippen LogP contribution in [0.5, 0.6) is 0 Å². The predicted octanol–water partition coefficient (Wildman–Crippen LogP) is 3.37. The molecule has 1 fully saturated rings. The molecule has 3 N–H and O–H groups in total. The minimum absolute atomic E-state index is 0.111. The summed E-state index contributed by atoms with van der Waals surface area (Å²) in [5.74, 6) is 0.405. The third kappa shape index (κ3) is 3.82. The van der Waals surface area contributed by atoms with Crippen LogP contribution in [0.25, 0.3) is 0 Å². The van der Waals surface area contributed by atoms with Gasteiger partial charge in [-0.2, -0.15) is 0 Å². The van der Waals surface area contributed by atoms with Gasteiger partial charge in [-0.05, 0) is 48.9 Å². The Morgan fingerprint density at radius 3 is 2.52 bits per heavy atom. The van der Waals surface area contributed by atoms with E-state index in [1.54, 1.807) is 6.92 Å². The van der Waals surface area contributed by atoms with Crippen LogP contribution in [0.4, 0.5) is 0 Å². The highest BCUT2D eigenvalue weighted by Gasteiger charge is 2.41. The van der Waals surface area contributed by atoms with Gasteiger partial charge in [-0.15, -0.1) is 0 Å². The predicted molar refractivity (Wildman–Crippen MR) is 95.9 cm³/mol. The maximum Gasteiger partial charge on any atom is 0.244 e. The number of hydrogen-bond acceptors (Lipinski definition) is 2. The lowest BCUT2D eigenvalue weighted by Crippen LogP contribution is -2.50. The molecule has 0 spiro atoms. The number of halogens is 1. The van der Waals surface area contributed by atoms with E-state index in [1.807, 2.05) is 30.3 Å². The van der Waals surface area contributed by atoms with Crippen molar-refractivity contribution < 1.29 is 4.79 Å². The molecule has 1 aliphatic rings. The van der Waals surface area contributed by atoms with Gasteiger partial charge in [-0.1, -0.05) is 58.4 Å². The molecule has 0 saturated heterocycles. The first-order chi connectivity index (χ1) is 11.0. The molecule has 0 heterocycles. The molecule has 23 heavy (non-hydrogen) atoms. The fraction of sp³-hybridized carbons (Fsp3) is 0.316. The Labute approximate surface area is 145 Å². The zero-order valence-electron chi connectivity index (χ0n) is 13.1. The van der Waals surface area contributed by atoms with E-state index in [9.17, 15) is 4.79 Å². The van der Waals surface area contributed by atoms with Crippen molar-refractivity contribution in [1.29, 1.82) is 0 Å². The SMILES string of the molecule is CC(N)(C(=O)NC1CC1Cc1ccccc1)c1ccc(Br)cc1. The van der Waals surface area contributed by atoms with Crippen molar-refractivity contribution in [2.45, 2.75) is 31.3 Å². The van der Waals surface area contributed by atoms with Crippen molar-refractivity contribution in [1.82, 2.24) is 5.32 Å². The molecular weight excluding hydrogens is 352 g/mol. The van der Waals surface area contributed by atoms with E-state index in [1.165, 1.54) is 5.56 Å². The smallest absolute Gasteiger partial charge is 0.244 e. The second kappa shape index (κ2) is 6.46. The highest BCUT2D eigenvalue weighted by Crippen LogP contribution is 2.34. The van der Waals surface area contributed by atoms with Gasteiger partial charge in [0.05, 0.1) is 0 Å². The summed E-state index contributed by atoms with van der Waals surface area (Å²) in [4.78, 5) is 12.6. The summed E-state index contributed by atoms with van der Waals surface area (Å²) in [6.07, 6.45) is 2.03. The Morgan fingerprint density at radius 1 is 1.22 bits per heavy atom. The molecule has 0 aliphatic heterocycles. The quantitative estimate of drug-likeness (QED) is 0.845. The number of nitrogens with two attached hydrogens (primary N) is 1. The molecule has 3 atom stereocenters. The lowest BCUT2D eigenvalue weighted by atomic mass is 9.92. The van der Waals surface area contributed by atoms with Gasteiger partial charge in [0.2, 0.25) is 5.91 Å². The van der Waals surface area contributed by atoms with Crippen LogP contribution in [-0.4, -0.2) is 11.9 Å². The van der Waals surface area contributed by atoms with Crippen molar-refractivity contribution in [2.75, 3.05) is 0 Å². The summed E-state index contributed by atoms with van der Waals surface area (Å²) in [6, 6.07) is 18.2. The van der Waals surface area contributed by atoms with Crippen LogP contribution in [0, 0.1) is 5.92 Å². The number of benzene rings is 2. The zero-order valence-corrected chi connectivity index (χ0v) is 14.7. The highest BCUT2D eigenvalue weighted by atomic mass is 79.9. The van der Waals surface area contributed by atoms with Crippen LogP contribution in [0.2, 0.25) is 0 Å². The van der Waals surface area contributed by atoms with Crippen molar-refractivity contribution in [3.8, 4) is 0 Å². The van der Waals surface area contributed by atoms with Crippen molar-refractivity contribution in [2.24, 2.45) is 11.7 Å². The largest absolute Gasteiger partial charge is 0.351 e. The molecule has 4 heteroatoms. The fourth-order valence-electron chi connectivity index (χ4n) is 2.81. The lowest BCUT2D eigenvalue weighted by molar-refractivity contribution is -0.126. The molecule has 1 saturated carbocycles. The van der Waals surface area contributed by atoms with Crippen LogP contribution >= 0.6 is 15.9 Å². The molecule has 2 aromatic rings. The van der Waals surface area contributed by atoms with Gasteiger partial charge in [0, 0.05) is 10.5 Å². The Hall–Kier alpha value is -1.65. The zero-order chi connectivity index (χ0) is 16.4. The van der Waals surface area contributed by atoms with Crippen LogP contribution in [0.1, 0.15) is 24.5 Å². The first-order valence-corrected chi connectivity index (χ1v) is 8.66. The molecule has 1 aliphatic carbocycles. The number of rotatable bonds is 5. The van der Waals surface area contributed by atoms with Crippen LogP contribution in [0.15, 0.2) is 59.1 Å². The molecule has 0 bridgehead atoms. The van der Waals surface area contributed by atoms with Crippen LogP contribution in [0.3, 0.4) is 0 Å². The molecule has 0 aromatic heterocycles. The third-order valence-corrected chi connectivity index (χ3v) is 5.02. The van der Waals surface area contributed by atoms with Crippen molar-refractivity contribution >= 4 is 21.8 Å². The molecule has 0 radical (unpaired) electrons. The first-order valence-electron chi connectivity index (χ1n) is 7.86. The van der Waals surface area contributed by atoms with E-state index in [-0.39, 0.29) is 11.9 Å². The van der Waals surface area contributed by atoms with E-state index in [0.717, 1.165) is 22.9 Å². The minimum Gasteiger partial charge on any atom is -0.351 e. The summed E-state index contributed by atoms with van der Waals surface area (Å²) in [5, 5.41) is 3.10. The summed E-state index contributed by atoms with van der Waals surface area (Å²) < 4.78 is 0.975. The topological polar surface area (TPSA) is 55.1 Å². The van der Waals surface area contributed by atoms with E-state index < -0.39 is 5.54 Å². The molecular formula is C19H21BrN2O. The van der Waals surface area contributed by atoms with E-state index in [2.05, 4.69) is 45.5 Å². The monoisotopic (exact) mass is 372 g/mol. The van der Waals surface area contributed by atoms with Crippen molar-refractivity contribution in [3.05, 3.63) is 70.2 Å². The maximum absolute atomic E-state index is 12.6. The van der Waals surface area contributed by atoms with Gasteiger partial charge in [-0.3, -0.25) is 4.79 Å². The Balaban J connectivity index is 1.58. The van der Waals surface area contributed by atoms with Crippen LogP contribution < -0.4 is 11.1 Å². The third-order valence-electron chi connectivity index (χ3n) is 4.50. The second-order valence-corrected chi connectivity index (χ2v) is 7.39. The van der Waals surface area contributed by atoms with Gasteiger partial charge in [0.25, 0.3) is 0 Å². The number of nitrogens with one attached hydrogen (secondary N) is 1.